The molecule has 0 radical (unpaired) electrons. The third kappa shape index (κ3) is 5.08. The Morgan fingerprint density at radius 2 is 1.63 bits per heavy atom. The molecule has 1 heterocycles. The molecular weight excluding hydrogens is 501 g/mol. The molecule has 5 rings (SSSR count). The van der Waals surface area contributed by atoms with Crippen LogP contribution in [-0.2, 0) is 17.9 Å². The smallest absolute Gasteiger partial charge is 0.293 e. The zero-order valence-electron chi connectivity index (χ0n) is 18.4. The number of fused-ring (bicyclic) bond motifs is 1. The normalized spacial score (nSPS) is 14.8. The Kier molecular flexibility index (Phi) is 6.82. The van der Waals surface area contributed by atoms with Gasteiger partial charge in [0, 0.05) is 10.6 Å². The average Bonchev–Trinajstić information content (AvgIpc) is 3.11. The summed E-state index contributed by atoms with van der Waals surface area (Å²) >= 11 is 13.6. The Bertz CT molecular complexity index is 1460. The topological polar surface area (TPSA) is 46.6 Å². The predicted octanol–water partition coefficient (Wildman–Crippen LogP) is 7.96. The molecule has 35 heavy (non-hydrogen) atoms. The molecule has 4 aromatic rings. The summed E-state index contributed by atoms with van der Waals surface area (Å²) in [4.78, 5) is 27.6. The highest BCUT2D eigenvalue weighted by Crippen LogP contribution is 2.39. The van der Waals surface area contributed by atoms with Gasteiger partial charge in [-0.1, -0.05) is 96.0 Å². The van der Waals surface area contributed by atoms with Crippen molar-refractivity contribution in [3.8, 4) is 5.75 Å². The van der Waals surface area contributed by atoms with E-state index in [4.69, 9.17) is 27.9 Å². The molecule has 0 atom stereocenters. The standard InChI is InChI=1S/C28H19Cl2NO3S/c29-22-13-21(26(24(30)15-22)34-17-18-7-2-1-3-8-18)14-25-27(32)31(28(33)35-25)16-20-11-6-10-19-9-4-5-12-23(19)20/h1-15H,16-17H2/b25-14-. The van der Waals surface area contributed by atoms with Crippen molar-refractivity contribution in [2.45, 2.75) is 13.2 Å². The summed E-state index contributed by atoms with van der Waals surface area (Å²) in [5.41, 5.74) is 2.42. The van der Waals surface area contributed by atoms with E-state index in [1.165, 1.54) is 4.90 Å². The largest absolute Gasteiger partial charge is 0.487 e. The maximum Gasteiger partial charge on any atom is 0.293 e. The van der Waals surface area contributed by atoms with E-state index < -0.39 is 0 Å². The molecule has 0 spiro atoms. The first-order chi connectivity index (χ1) is 17.0. The Hall–Kier alpha value is -3.25. The number of benzene rings is 4. The average molecular weight is 520 g/mol. The molecule has 4 nitrogen and oxygen atoms in total. The fourth-order valence-electron chi connectivity index (χ4n) is 3.95. The van der Waals surface area contributed by atoms with Gasteiger partial charge >= 0.3 is 0 Å². The number of halogens is 2. The number of hydrogen-bond donors (Lipinski definition) is 0. The Balaban J connectivity index is 1.43. The van der Waals surface area contributed by atoms with Gasteiger partial charge in [-0.05, 0) is 51.9 Å². The van der Waals surface area contributed by atoms with Crippen LogP contribution in [-0.4, -0.2) is 16.0 Å². The number of carbonyl (C=O) groups excluding carboxylic acids is 2. The third-order valence-corrected chi connectivity index (χ3v) is 7.04. The number of imide groups is 1. The lowest BCUT2D eigenvalue weighted by Gasteiger charge is -2.14. The predicted molar refractivity (Wildman–Crippen MR) is 143 cm³/mol. The van der Waals surface area contributed by atoms with Crippen LogP contribution in [0.1, 0.15) is 16.7 Å². The summed E-state index contributed by atoms with van der Waals surface area (Å²) in [6.45, 7) is 0.489. The molecular formula is C28H19Cl2NO3S. The molecule has 0 bridgehead atoms. The van der Waals surface area contributed by atoms with Crippen molar-refractivity contribution >= 4 is 63.0 Å². The van der Waals surface area contributed by atoms with Gasteiger partial charge in [-0.25, -0.2) is 0 Å². The second-order valence-electron chi connectivity index (χ2n) is 7.99. The van der Waals surface area contributed by atoms with Gasteiger partial charge in [0.15, 0.2) is 0 Å². The zero-order valence-corrected chi connectivity index (χ0v) is 20.7. The molecule has 0 unspecified atom stereocenters. The molecule has 4 aromatic carbocycles. The molecule has 174 valence electrons. The summed E-state index contributed by atoms with van der Waals surface area (Å²) in [6.07, 6.45) is 1.62. The summed E-state index contributed by atoms with van der Waals surface area (Å²) in [6, 6.07) is 26.7. The lowest BCUT2D eigenvalue weighted by molar-refractivity contribution is -0.123. The van der Waals surface area contributed by atoms with Crippen molar-refractivity contribution in [3.05, 3.63) is 117 Å². The first kappa shape index (κ1) is 23.5. The molecule has 1 fully saturated rings. The number of hydrogen-bond acceptors (Lipinski definition) is 4. The molecule has 0 aromatic heterocycles. The van der Waals surface area contributed by atoms with Gasteiger partial charge in [0.1, 0.15) is 12.4 Å². The lowest BCUT2D eigenvalue weighted by Crippen LogP contribution is -2.27. The maximum absolute atomic E-state index is 13.2. The van der Waals surface area contributed by atoms with E-state index in [2.05, 4.69) is 0 Å². The van der Waals surface area contributed by atoms with Crippen molar-refractivity contribution in [2.75, 3.05) is 0 Å². The number of thioether (sulfide) groups is 1. The number of rotatable bonds is 6. The van der Waals surface area contributed by atoms with Crippen LogP contribution in [0.4, 0.5) is 4.79 Å². The maximum atomic E-state index is 13.2. The van der Waals surface area contributed by atoms with Gasteiger partial charge in [0.05, 0.1) is 16.5 Å². The molecule has 7 heteroatoms. The van der Waals surface area contributed by atoms with Crippen molar-refractivity contribution in [3.63, 3.8) is 0 Å². The Labute approximate surface area is 217 Å². The van der Waals surface area contributed by atoms with Crippen LogP contribution in [0.15, 0.2) is 89.8 Å². The van der Waals surface area contributed by atoms with E-state index in [0.717, 1.165) is 33.7 Å². The monoisotopic (exact) mass is 519 g/mol. The second kappa shape index (κ2) is 10.2. The number of carbonyl (C=O) groups is 2. The fraction of sp³-hybridized carbons (Fsp3) is 0.0714. The van der Waals surface area contributed by atoms with Gasteiger partial charge in [-0.2, -0.15) is 0 Å². The SMILES string of the molecule is O=C1S/C(=C\c2cc(Cl)cc(Cl)c2OCc2ccccc2)C(=O)N1Cc1cccc2ccccc12. The van der Waals surface area contributed by atoms with Crippen LogP contribution in [0.5, 0.6) is 5.75 Å². The third-order valence-electron chi connectivity index (χ3n) is 5.63. The van der Waals surface area contributed by atoms with Gasteiger partial charge in [0.2, 0.25) is 0 Å². The van der Waals surface area contributed by atoms with Crippen LogP contribution in [0.3, 0.4) is 0 Å². The number of nitrogens with zero attached hydrogens (tertiary/aromatic N) is 1. The van der Waals surface area contributed by atoms with Crippen molar-refractivity contribution in [2.24, 2.45) is 0 Å². The van der Waals surface area contributed by atoms with E-state index in [1.807, 2.05) is 72.8 Å². The molecule has 1 aliphatic rings. The summed E-state index contributed by atoms with van der Waals surface area (Å²) < 4.78 is 6.00. The molecule has 2 amide bonds. The first-order valence-electron chi connectivity index (χ1n) is 10.9. The minimum Gasteiger partial charge on any atom is -0.487 e. The highest BCUT2D eigenvalue weighted by atomic mass is 35.5. The van der Waals surface area contributed by atoms with E-state index in [-0.39, 0.29) is 22.6 Å². The lowest BCUT2D eigenvalue weighted by atomic mass is 10.0. The molecule has 1 aliphatic heterocycles. The quantitative estimate of drug-likeness (QED) is 0.242. The molecule has 1 saturated heterocycles. The van der Waals surface area contributed by atoms with E-state index in [1.54, 1.807) is 18.2 Å². The highest BCUT2D eigenvalue weighted by molar-refractivity contribution is 8.18. The molecule has 0 N–H and O–H groups in total. The second-order valence-corrected chi connectivity index (χ2v) is 9.82. The van der Waals surface area contributed by atoms with Gasteiger partial charge in [0.25, 0.3) is 11.1 Å². The van der Waals surface area contributed by atoms with Crippen molar-refractivity contribution < 1.29 is 14.3 Å². The minimum atomic E-state index is -0.363. The van der Waals surface area contributed by atoms with E-state index in [0.29, 0.717) is 28.0 Å². The fourth-order valence-corrected chi connectivity index (χ4v) is 5.34. The number of ether oxygens (including phenoxy) is 1. The highest BCUT2D eigenvalue weighted by Gasteiger charge is 2.35. The van der Waals surface area contributed by atoms with Crippen LogP contribution in [0, 0.1) is 0 Å². The summed E-state index contributed by atoms with van der Waals surface area (Å²) in [5.74, 6) is 0.0406. The van der Waals surface area contributed by atoms with E-state index >= 15 is 0 Å². The minimum absolute atomic E-state index is 0.191. The van der Waals surface area contributed by atoms with Crippen molar-refractivity contribution in [1.29, 1.82) is 0 Å². The molecule has 0 saturated carbocycles. The van der Waals surface area contributed by atoms with Gasteiger partial charge in [-0.15, -0.1) is 0 Å². The Morgan fingerprint density at radius 1 is 0.886 bits per heavy atom. The first-order valence-corrected chi connectivity index (χ1v) is 12.4. The van der Waals surface area contributed by atoms with Crippen LogP contribution in [0.25, 0.3) is 16.8 Å². The van der Waals surface area contributed by atoms with Crippen LogP contribution < -0.4 is 4.74 Å². The molecule has 0 aliphatic carbocycles. The number of amides is 2. The van der Waals surface area contributed by atoms with E-state index in [9.17, 15) is 9.59 Å². The van der Waals surface area contributed by atoms with Gasteiger partial charge in [-0.3, -0.25) is 14.5 Å². The van der Waals surface area contributed by atoms with Gasteiger partial charge < -0.3 is 4.74 Å². The van der Waals surface area contributed by atoms with Crippen LogP contribution in [0.2, 0.25) is 10.0 Å². The summed E-state index contributed by atoms with van der Waals surface area (Å²) in [5, 5.41) is 2.48. The Morgan fingerprint density at radius 3 is 2.46 bits per heavy atom. The van der Waals surface area contributed by atoms with Crippen molar-refractivity contribution in [1.82, 2.24) is 4.90 Å². The van der Waals surface area contributed by atoms with Crippen LogP contribution >= 0.6 is 35.0 Å². The summed E-state index contributed by atoms with van der Waals surface area (Å²) in [7, 11) is 0. The zero-order chi connectivity index (χ0) is 24.4.